The van der Waals surface area contributed by atoms with Crippen LogP contribution in [0.5, 0.6) is 0 Å². The number of nitrogen functional groups attached to an aromatic ring is 1. The number of aryl methyl sites for hydroxylation is 1. The average molecular weight is 243 g/mol. The second kappa shape index (κ2) is 3.89. The number of para-hydroxylation sites is 2. The summed E-state index contributed by atoms with van der Waals surface area (Å²) < 4.78 is 2.06. The molecule has 0 saturated carbocycles. The van der Waals surface area contributed by atoms with Gasteiger partial charge in [0.2, 0.25) is 5.95 Å². The third kappa shape index (κ3) is 1.80. The lowest BCUT2D eigenvalue weighted by Gasteiger charge is -2.03. The zero-order valence-electron chi connectivity index (χ0n) is 9.55. The van der Waals surface area contributed by atoms with E-state index in [-0.39, 0.29) is 0 Å². The van der Waals surface area contributed by atoms with Gasteiger partial charge in [-0.25, -0.2) is 4.98 Å². The number of anilines is 1. The van der Waals surface area contributed by atoms with E-state index >= 15 is 0 Å². The van der Waals surface area contributed by atoms with E-state index < -0.39 is 0 Å². The first kappa shape index (κ1) is 10.4. The summed E-state index contributed by atoms with van der Waals surface area (Å²) in [5.41, 5.74) is 8.01. The highest BCUT2D eigenvalue weighted by molar-refractivity contribution is 7.11. The Morgan fingerprint density at radius 3 is 2.82 bits per heavy atom. The van der Waals surface area contributed by atoms with E-state index in [2.05, 4.69) is 34.7 Å². The minimum Gasteiger partial charge on any atom is -0.369 e. The summed E-state index contributed by atoms with van der Waals surface area (Å²) in [5.74, 6) is 0.581. The van der Waals surface area contributed by atoms with Crippen LogP contribution in [-0.4, -0.2) is 9.55 Å². The van der Waals surface area contributed by atoms with Crippen molar-refractivity contribution in [3.05, 3.63) is 46.2 Å². The Morgan fingerprint density at radius 2 is 2.06 bits per heavy atom. The third-order valence-corrected chi connectivity index (χ3v) is 3.78. The first-order chi connectivity index (χ1) is 8.24. The van der Waals surface area contributed by atoms with Crippen LogP contribution in [0.2, 0.25) is 0 Å². The van der Waals surface area contributed by atoms with Crippen molar-refractivity contribution in [3.63, 3.8) is 0 Å². The van der Waals surface area contributed by atoms with Crippen LogP contribution < -0.4 is 5.73 Å². The minimum absolute atomic E-state index is 0.581. The smallest absolute Gasteiger partial charge is 0.201 e. The molecule has 3 aromatic rings. The SMILES string of the molecule is Cc1ccc(Cn2c(N)nc3ccccc32)s1. The van der Waals surface area contributed by atoms with Crippen molar-refractivity contribution in [3.8, 4) is 0 Å². The highest BCUT2D eigenvalue weighted by Gasteiger charge is 2.08. The van der Waals surface area contributed by atoms with Crippen LogP contribution in [0.4, 0.5) is 5.95 Å². The van der Waals surface area contributed by atoms with Crippen LogP contribution in [-0.2, 0) is 6.54 Å². The molecule has 0 aliphatic carbocycles. The predicted octanol–water partition coefficient (Wildman–Crippen LogP) is 3.04. The summed E-state index contributed by atoms with van der Waals surface area (Å²) in [5, 5.41) is 0. The number of hydrogen-bond donors (Lipinski definition) is 1. The standard InChI is InChI=1S/C13H13N3S/c1-9-6-7-10(17-9)8-16-12-5-3-2-4-11(12)15-13(16)14/h2-7H,8H2,1H3,(H2,14,15). The molecule has 3 rings (SSSR count). The lowest BCUT2D eigenvalue weighted by molar-refractivity contribution is 0.853. The number of rotatable bonds is 2. The van der Waals surface area contributed by atoms with Gasteiger partial charge >= 0.3 is 0 Å². The third-order valence-electron chi connectivity index (χ3n) is 2.79. The van der Waals surface area contributed by atoms with Gasteiger partial charge in [0.25, 0.3) is 0 Å². The van der Waals surface area contributed by atoms with Crippen LogP contribution in [0, 0.1) is 6.92 Å². The average Bonchev–Trinajstić information content (AvgIpc) is 2.85. The molecule has 0 bridgehead atoms. The largest absolute Gasteiger partial charge is 0.369 e. The first-order valence-electron chi connectivity index (χ1n) is 5.50. The van der Waals surface area contributed by atoms with Crippen molar-refractivity contribution in [2.45, 2.75) is 13.5 Å². The van der Waals surface area contributed by atoms with Gasteiger partial charge in [-0.1, -0.05) is 12.1 Å². The lowest BCUT2D eigenvalue weighted by atomic mass is 10.3. The Balaban J connectivity index is 2.08. The van der Waals surface area contributed by atoms with E-state index in [0.29, 0.717) is 5.95 Å². The number of imidazole rings is 1. The molecule has 17 heavy (non-hydrogen) atoms. The summed E-state index contributed by atoms with van der Waals surface area (Å²) >= 11 is 1.80. The molecule has 2 N–H and O–H groups in total. The van der Waals surface area contributed by atoms with Gasteiger partial charge in [-0.2, -0.15) is 0 Å². The molecule has 0 radical (unpaired) electrons. The fourth-order valence-corrected chi connectivity index (χ4v) is 2.87. The van der Waals surface area contributed by atoms with Crippen LogP contribution in [0.1, 0.15) is 9.75 Å². The van der Waals surface area contributed by atoms with E-state index in [1.165, 1.54) is 9.75 Å². The quantitative estimate of drug-likeness (QED) is 0.751. The predicted molar refractivity (Wildman–Crippen MR) is 72.3 cm³/mol. The van der Waals surface area contributed by atoms with E-state index in [4.69, 9.17) is 5.73 Å². The summed E-state index contributed by atoms with van der Waals surface area (Å²) in [6.07, 6.45) is 0. The molecule has 4 heteroatoms. The van der Waals surface area contributed by atoms with Crippen molar-refractivity contribution in [2.24, 2.45) is 0 Å². The molecule has 0 amide bonds. The molecule has 86 valence electrons. The van der Waals surface area contributed by atoms with Crippen molar-refractivity contribution in [1.29, 1.82) is 0 Å². The Morgan fingerprint density at radius 1 is 1.24 bits per heavy atom. The first-order valence-corrected chi connectivity index (χ1v) is 6.32. The lowest BCUT2D eigenvalue weighted by Crippen LogP contribution is -2.03. The molecule has 0 spiro atoms. The number of thiophene rings is 1. The van der Waals surface area contributed by atoms with Gasteiger partial charge in [0.05, 0.1) is 17.6 Å². The molecular weight excluding hydrogens is 230 g/mol. The van der Waals surface area contributed by atoms with Gasteiger partial charge in [0.1, 0.15) is 0 Å². The van der Waals surface area contributed by atoms with E-state index in [0.717, 1.165) is 17.6 Å². The van der Waals surface area contributed by atoms with Crippen LogP contribution >= 0.6 is 11.3 Å². The molecule has 0 atom stereocenters. The van der Waals surface area contributed by atoms with Crippen LogP contribution in [0.15, 0.2) is 36.4 Å². The molecule has 0 fully saturated rings. The van der Waals surface area contributed by atoms with Gasteiger partial charge < -0.3 is 10.3 Å². The number of nitrogens with two attached hydrogens (primary N) is 1. The molecule has 2 heterocycles. The molecule has 0 saturated heterocycles. The maximum Gasteiger partial charge on any atom is 0.201 e. The van der Waals surface area contributed by atoms with Gasteiger partial charge in [-0.3, -0.25) is 0 Å². The number of hydrogen-bond acceptors (Lipinski definition) is 3. The Hall–Kier alpha value is -1.81. The minimum atomic E-state index is 0.581. The zero-order valence-corrected chi connectivity index (χ0v) is 10.4. The van der Waals surface area contributed by atoms with Crippen molar-refractivity contribution in [1.82, 2.24) is 9.55 Å². The van der Waals surface area contributed by atoms with Gasteiger partial charge in [-0.05, 0) is 31.2 Å². The van der Waals surface area contributed by atoms with Gasteiger partial charge in [0, 0.05) is 9.75 Å². The topological polar surface area (TPSA) is 43.8 Å². The summed E-state index contributed by atoms with van der Waals surface area (Å²) in [6.45, 7) is 2.91. The fraction of sp³-hybridized carbons (Fsp3) is 0.154. The molecule has 0 aliphatic rings. The molecule has 2 aromatic heterocycles. The number of aromatic nitrogens is 2. The molecule has 0 aliphatic heterocycles. The van der Waals surface area contributed by atoms with E-state index in [1.54, 1.807) is 11.3 Å². The van der Waals surface area contributed by atoms with Gasteiger partial charge in [0.15, 0.2) is 0 Å². The van der Waals surface area contributed by atoms with Crippen molar-refractivity contribution >= 4 is 28.3 Å². The highest BCUT2D eigenvalue weighted by Crippen LogP contribution is 2.22. The monoisotopic (exact) mass is 243 g/mol. The van der Waals surface area contributed by atoms with Crippen LogP contribution in [0.3, 0.4) is 0 Å². The molecule has 3 nitrogen and oxygen atoms in total. The Labute approximate surface area is 104 Å². The maximum absolute atomic E-state index is 5.96. The number of fused-ring (bicyclic) bond motifs is 1. The van der Waals surface area contributed by atoms with Gasteiger partial charge in [-0.15, -0.1) is 11.3 Å². The summed E-state index contributed by atoms with van der Waals surface area (Å²) in [7, 11) is 0. The van der Waals surface area contributed by atoms with E-state index in [1.807, 2.05) is 18.2 Å². The molecule has 1 aromatic carbocycles. The second-order valence-corrected chi connectivity index (χ2v) is 5.43. The normalized spacial score (nSPS) is 11.1. The molecular formula is C13H13N3S. The summed E-state index contributed by atoms with van der Waals surface area (Å²) in [6, 6.07) is 12.3. The number of benzene rings is 1. The second-order valence-electron chi connectivity index (χ2n) is 4.06. The fourth-order valence-electron chi connectivity index (χ4n) is 1.99. The van der Waals surface area contributed by atoms with E-state index in [9.17, 15) is 0 Å². The Kier molecular flexibility index (Phi) is 2.37. The highest BCUT2D eigenvalue weighted by atomic mass is 32.1. The summed E-state index contributed by atoms with van der Waals surface area (Å²) in [4.78, 5) is 6.99. The Bertz CT molecular complexity index is 666. The van der Waals surface area contributed by atoms with Crippen LogP contribution in [0.25, 0.3) is 11.0 Å². The number of nitrogens with zero attached hydrogens (tertiary/aromatic N) is 2. The maximum atomic E-state index is 5.96. The van der Waals surface area contributed by atoms with Crippen molar-refractivity contribution < 1.29 is 0 Å². The molecule has 0 unspecified atom stereocenters. The zero-order chi connectivity index (χ0) is 11.8. The van der Waals surface area contributed by atoms with Crippen molar-refractivity contribution in [2.75, 3.05) is 5.73 Å².